The van der Waals surface area contributed by atoms with Crippen LogP contribution in [0.15, 0.2) is 41.8 Å². The molecule has 0 fully saturated rings. The van der Waals surface area contributed by atoms with Crippen molar-refractivity contribution in [2.24, 2.45) is 5.92 Å². The Labute approximate surface area is 171 Å². The molecule has 4 nitrogen and oxygen atoms in total. The fourth-order valence-electron chi connectivity index (χ4n) is 2.96. The molecule has 0 atom stereocenters. The highest BCUT2D eigenvalue weighted by molar-refractivity contribution is 7.09. The van der Waals surface area contributed by atoms with Crippen LogP contribution in [0.1, 0.15) is 44.1 Å². The second kappa shape index (κ2) is 11.0. The molecule has 1 heterocycles. The van der Waals surface area contributed by atoms with E-state index in [1.807, 2.05) is 38.3 Å². The second-order valence-electron chi connectivity index (χ2n) is 7.37. The molecule has 152 valence electrons. The van der Waals surface area contributed by atoms with Gasteiger partial charge in [0.25, 0.3) is 0 Å². The highest BCUT2D eigenvalue weighted by atomic mass is 32.1. The van der Waals surface area contributed by atoms with Crippen LogP contribution >= 0.6 is 11.3 Å². The molecule has 1 aromatic heterocycles. The molecular formula is C22H29FN2O2S. The van der Waals surface area contributed by atoms with Crippen molar-refractivity contribution in [3.8, 4) is 0 Å². The van der Waals surface area contributed by atoms with Crippen molar-refractivity contribution in [2.75, 3.05) is 13.1 Å². The van der Waals surface area contributed by atoms with Crippen molar-refractivity contribution in [1.29, 1.82) is 0 Å². The molecular weight excluding hydrogens is 375 g/mol. The monoisotopic (exact) mass is 404 g/mol. The summed E-state index contributed by atoms with van der Waals surface area (Å²) in [4.78, 5) is 30.1. The SMILES string of the molecule is CCCC(=O)N(CC(=O)N(Cc1ccc(F)cc1)Cc1cccs1)CC(C)C. The number of nitrogens with zero attached hydrogens (tertiary/aromatic N) is 2. The summed E-state index contributed by atoms with van der Waals surface area (Å²) in [6, 6.07) is 10.1. The lowest BCUT2D eigenvalue weighted by atomic mass is 10.1. The second-order valence-corrected chi connectivity index (χ2v) is 8.41. The normalized spacial score (nSPS) is 10.9. The summed E-state index contributed by atoms with van der Waals surface area (Å²) in [5.74, 6) is -0.0881. The van der Waals surface area contributed by atoms with Crippen LogP contribution in [0.4, 0.5) is 4.39 Å². The molecule has 0 unspecified atom stereocenters. The minimum absolute atomic E-state index is 0.0161. The maximum Gasteiger partial charge on any atom is 0.242 e. The van der Waals surface area contributed by atoms with E-state index in [9.17, 15) is 14.0 Å². The Hall–Kier alpha value is -2.21. The number of halogens is 1. The molecule has 0 saturated carbocycles. The van der Waals surface area contributed by atoms with Gasteiger partial charge in [-0.2, -0.15) is 0 Å². The number of amides is 2. The van der Waals surface area contributed by atoms with Crippen LogP contribution < -0.4 is 0 Å². The molecule has 0 spiro atoms. The van der Waals surface area contributed by atoms with Gasteiger partial charge in [0.05, 0.1) is 13.1 Å². The molecule has 0 radical (unpaired) electrons. The molecule has 0 bridgehead atoms. The van der Waals surface area contributed by atoms with Crippen LogP contribution in [0, 0.1) is 11.7 Å². The maximum absolute atomic E-state index is 13.2. The number of carbonyl (C=O) groups is 2. The van der Waals surface area contributed by atoms with E-state index in [0.717, 1.165) is 16.9 Å². The Morgan fingerprint density at radius 1 is 1.04 bits per heavy atom. The van der Waals surface area contributed by atoms with Gasteiger partial charge in [0.2, 0.25) is 11.8 Å². The molecule has 0 aliphatic carbocycles. The summed E-state index contributed by atoms with van der Waals surface area (Å²) in [5.41, 5.74) is 0.863. The molecule has 28 heavy (non-hydrogen) atoms. The third-order valence-corrected chi connectivity index (χ3v) is 5.16. The van der Waals surface area contributed by atoms with Gasteiger partial charge in [0, 0.05) is 24.4 Å². The molecule has 6 heteroatoms. The zero-order valence-corrected chi connectivity index (χ0v) is 17.7. The van der Waals surface area contributed by atoms with Crippen LogP contribution in [0.25, 0.3) is 0 Å². The van der Waals surface area contributed by atoms with Gasteiger partial charge in [0.1, 0.15) is 5.82 Å². The first-order valence-electron chi connectivity index (χ1n) is 9.71. The topological polar surface area (TPSA) is 40.6 Å². The maximum atomic E-state index is 13.2. The van der Waals surface area contributed by atoms with Crippen molar-refractivity contribution in [1.82, 2.24) is 9.80 Å². The summed E-state index contributed by atoms with van der Waals surface area (Å²) >= 11 is 1.59. The minimum atomic E-state index is -0.298. The van der Waals surface area contributed by atoms with Crippen LogP contribution in [-0.4, -0.2) is 34.7 Å². The lowest BCUT2D eigenvalue weighted by Crippen LogP contribution is -2.43. The lowest BCUT2D eigenvalue weighted by Gasteiger charge is -2.28. The largest absolute Gasteiger partial charge is 0.333 e. The van der Waals surface area contributed by atoms with E-state index in [4.69, 9.17) is 0 Å². The van der Waals surface area contributed by atoms with Gasteiger partial charge in [-0.05, 0) is 41.5 Å². The van der Waals surface area contributed by atoms with Gasteiger partial charge in [-0.15, -0.1) is 11.3 Å². The Kier molecular flexibility index (Phi) is 8.64. The third-order valence-electron chi connectivity index (χ3n) is 4.29. The molecule has 2 rings (SSSR count). The van der Waals surface area contributed by atoms with Crippen molar-refractivity contribution >= 4 is 23.2 Å². The Bertz CT molecular complexity index is 744. The molecule has 1 aromatic carbocycles. The van der Waals surface area contributed by atoms with E-state index < -0.39 is 0 Å². The first-order valence-corrected chi connectivity index (χ1v) is 10.6. The van der Waals surface area contributed by atoms with E-state index in [-0.39, 0.29) is 30.1 Å². The summed E-state index contributed by atoms with van der Waals surface area (Å²) in [6.45, 7) is 7.54. The molecule has 0 aliphatic rings. The predicted octanol–water partition coefficient (Wildman–Crippen LogP) is 4.70. The summed E-state index contributed by atoms with van der Waals surface area (Å²) in [7, 11) is 0. The Morgan fingerprint density at radius 2 is 1.75 bits per heavy atom. The van der Waals surface area contributed by atoms with Gasteiger partial charge in [-0.3, -0.25) is 9.59 Å². The van der Waals surface area contributed by atoms with Crippen LogP contribution in [-0.2, 0) is 22.7 Å². The van der Waals surface area contributed by atoms with Gasteiger partial charge in [-0.1, -0.05) is 39.0 Å². The van der Waals surface area contributed by atoms with E-state index >= 15 is 0 Å². The summed E-state index contributed by atoms with van der Waals surface area (Å²) in [5, 5.41) is 1.98. The van der Waals surface area contributed by atoms with Crippen LogP contribution in [0.5, 0.6) is 0 Å². The highest BCUT2D eigenvalue weighted by Gasteiger charge is 2.22. The highest BCUT2D eigenvalue weighted by Crippen LogP contribution is 2.16. The van der Waals surface area contributed by atoms with E-state index in [2.05, 4.69) is 0 Å². The zero-order chi connectivity index (χ0) is 20.5. The number of hydrogen-bond acceptors (Lipinski definition) is 3. The van der Waals surface area contributed by atoms with Crippen molar-refractivity contribution in [3.05, 3.63) is 58.0 Å². The van der Waals surface area contributed by atoms with Crippen LogP contribution in [0.3, 0.4) is 0 Å². The van der Waals surface area contributed by atoms with E-state index in [1.165, 1.54) is 12.1 Å². The summed E-state index contributed by atoms with van der Waals surface area (Å²) in [6.07, 6.45) is 1.21. The average molecular weight is 405 g/mol. The zero-order valence-electron chi connectivity index (χ0n) is 16.9. The first kappa shape index (κ1) is 22.1. The molecule has 0 aliphatic heterocycles. The standard InChI is InChI=1S/C22H29FN2O2S/c1-4-6-21(26)24(13-17(2)3)16-22(27)25(15-20-7-5-12-28-20)14-18-8-10-19(23)11-9-18/h5,7-12,17H,4,6,13-16H2,1-3H3. The molecule has 2 aromatic rings. The summed E-state index contributed by atoms with van der Waals surface area (Å²) < 4.78 is 13.2. The molecule has 2 amide bonds. The average Bonchev–Trinajstić information content (AvgIpc) is 3.15. The van der Waals surface area contributed by atoms with E-state index in [1.54, 1.807) is 33.3 Å². The van der Waals surface area contributed by atoms with Gasteiger partial charge in [-0.25, -0.2) is 4.39 Å². The molecule has 0 N–H and O–H groups in total. The Balaban J connectivity index is 2.15. The van der Waals surface area contributed by atoms with Gasteiger partial charge >= 0.3 is 0 Å². The van der Waals surface area contributed by atoms with Crippen molar-refractivity contribution in [2.45, 2.75) is 46.7 Å². The number of hydrogen-bond donors (Lipinski definition) is 0. The van der Waals surface area contributed by atoms with E-state index in [0.29, 0.717) is 26.1 Å². The Morgan fingerprint density at radius 3 is 2.32 bits per heavy atom. The fourth-order valence-corrected chi connectivity index (χ4v) is 3.68. The smallest absolute Gasteiger partial charge is 0.242 e. The van der Waals surface area contributed by atoms with Gasteiger partial charge < -0.3 is 9.80 Å². The van der Waals surface area contributed by atoms with Gasteiger partial charge in [0.15, 0.2) is 0 Å². The predicted molar refractivity (Wildman–Crippen MR) is 111 cm³/mol. The number of thiophene rings is 1. The minimum Gasteiger partial charge on any atom is -0.333 e. The number of benzene rings is 1. The third kappa shape index (κ3) is 7.08. The van der Waals surface area contributed by atoms with Crippen molar-refractivity contribution in [3.63, 3.8) is 0 Å². The number of rotatable bonds is 10. The number of carbonyl (C=O) groups excluding carboxylic acids is 2. The fraction of sp³-hybridized carbons (Fsp3) is 0.455. The lowest BCUT2D eigenvalue weighted by molar-refractivity contribution is -0.141. The van der Waals surface area contributed by atoms with Crippen LogP contribution in [0.2, 0.25) is 0 Å². The quantitative estimate of drug-likeness (QED) is 0.576. The molecule has 0 saturated heterocycles. The van der Waals surface area contributed by atoms with Crippen molar-refractivity contribution < 1.29 is 14.0 Å². The first-order chi connectivity index (χ1) is 13.4.